The lowest BCUT2D eigenvalue weighted by Crippen LogP contribution is -2.24. The van der Waals surface area contributed by atoms with Crippen molar-refractivity contribution in [3.8, 4) is 0 Å². The Morgan fingerprint density at radius 2 is 1.79 bits per heavy atom. The van der Waals surface area contributed by atoms with E-state index in [4.69, 9.17) is 0 Å². The average molecular weight is 413 g/mol. The summed E-state index contributed by atoms with van der Waals surface area (Å²) in [6.45, 7) is 6.03. The third kappa shape index (κ3) is 4.48. The maximum atomic E-state index is 12.7. The maximum Gasteiger partial charge on any atom is 0.251 e. The van der Waals surface area contributed by atoms with Gasteiger partial charge in [0.25, 0.3) is 5.91 Å². The Morgan fingerprint density at radius 3 is 2.38 bits per heavy atom. The zero-order chi connectivity index (χ0) is 21.1. The van der Waals surface area contributed by atoms with Crippen molar-refractivity contribution in [2.45, 2.75) is 27.3 Å². The van der Waals surface area contributed by atoms with E-state index in [1.54, 1.807) is 41.2 Å². The van der Waals surface area contributed by atoms with Crippen LogP contribution in [0, 0.1) is 20.8 Å². The molecule has 0 unspecified atom stereocenters. The predicted octanol–water partition coefficient (Wildman–Crippen LogP) is 2.94. The number of thiol groups is 1. The smallest absolute Gasteiger partial charge is 0.251 e. The molecule has 0 saturated carbocycles. The molecule has 8 heteroatoms. The van der Waals surface area contributed by atoms with Crippen LogP contribution in [0.1, 0.15) is 32.7 Å². The van der Waals surface area contributed by atoms with Crippen LogP contribution in [-0.2, 0) is 24.5 Å². The molecular weight excluding hydrogens is 388 g/mol. The minimum atomic E-state index is -2.93. The predicted molar refractivity (Wildman–Crippen MR) is 114 cm³/mol. The molecule has 0 bridgehead atoms. The van der Waals surface area contributed by atoms with Gasteiger partial charge in [0, 0.05) is 30.4 Å². The lowest BCUT2D eigenvalue weighted by molar-refractivity contribution is 0.0951. The topological polar surface area (TPSA) is 84.3 Å². The van der Waals surface area contributed by atoms with Crippen LogP contribution in [-0.4, -0.2) is 24.1 Å². The number of rotatable bonds is 6. The molecule has 3 rings (SSSR count). The van der Waals surface area contributed by atoms with Crippen molar-refractivity contribution in [3.05, 3.63) is 76.6 Å². The van der Waals surface area contributed by atoms with E-state index in [1.807, 2.05) is 40.0 Å². The van der Waals surface area contributed by atoms with Crippen molar-refractivity contribution >= 4 is 28.2 Å². The lowest BCUT2D eigenvalue weighted by atomic mass is 10.1. The molecule has 1 heterocycles. The summed E-state index contributed by atoms with van der Waals surface area (Å²) in [5.74, 6) is -0.278. The molecule has 0 aliphatic carbocycles. The molecule has 2 aromatic carbocycles. The number of carbonyl (C=O) groups excluding carboxylic acids is 1. The number of benzene rings is 2. The number of amides is 1. The van der Waals surface area contributed by atoms with Crippen LogP contribution in [0.25, 0.3) is 0 Å². The van der Waals surface area contributed by atoms with Gasteiger partial charge in [0.15, 0.2) is 0 Å². The first-order valence-electron chi connectivity index (χ1n) is 9.15. The third-order valence-corrected chi connectivity index (χ3v) is 5.69. The summed E-state index contributed by atoms with van der Waals surface area (Å²) in [6, 6.07) is 12.2. The number of aromatic nitrogens is 2. The van der Waals surface area contributed by atoms with Crippen molar-refractivity contribution in [1.82, 2.24) is 15.1 Å². The van der Waals surface area contributed by atoms with Gasteiger partial charge in [-0.15, -0.1) is 0 Å². The summed E-state index contributed by atoms with van der Waals surface area (Å²) in [4.78, 5) is 12.7. The molecule has 1 amide bonds. The number of nitrogens with zero attached hydrogens (tertiary/aromatic N) is 3. The Hall–Kier alpha value is -3.13. The Kier molecular flexibility index (Phi) is 6.03. The van der Waals surface area contributed by atoms with Crippen LogP contribution in [0.3, 0.4) is 0 Å². The number of hydrogen-bond acceptors (Lipinski definition) is 4. The fraction of sp³-hybridized carbons (Fsp3) is 0.238. The molecular formula is C21H24N4O3S. The molecule has 152 valence electrons. The minimum Gasteiger partial charge on any atom is -0.348 e. The van der Waals surface area contributed by atoms with E-state index in [1.165, 1.54) is 4.31 Å². The van der Waals surface area contributed by atoms with E-state index in [0.29, 0.717) is 23.5 Å². The van der Waals surface area contributed by atoms with Gasteiger partial charge in [0.2, 0.25) is 10.9 Å². The van der Waals surface area contributed by atoms with Crippen molar-refractivity contribution in [2.75, 3.05) is 4.31 Å². The summed E-state index contributed by atoms with van der Waals surface area (Å²) < 4.78 is 27.0. The number of nitrogens with one attached hydrogen (secondary N) is 1. The number of carbonyl (C=O) groups is 1. The van der Waals surface area contributed by atoms with Crippen LogP contribution in [0.15, 0.2) is 48.7 Å². The van der Waals surface area contributed by atoms with Gasteiger partial charge in [0.1, 0.15) is 0 Å². The SMILES string of the molecule is Cc1ccc(N(c2cc(C(=O)NCc3cnn(C)c3C)ccc2C)[SH](=O)=O)cc1. The first-order chi connectivity index (χ1) is 13.8. The summed E-state index contributed by atoms with van der Waals surface area (Å²) >= 11 is 0. The Bertz CT molecular complexity index is 1110. The van der Waals surface area contributed by atoms with Crippen molar-refractivity contribution < 1.29 is 13.2 Å². The van der Waals surface area contributed by atoms with Gasteiger partial charge in [0.05, 0.1) is 17.6 Å². The van der Waals surface area contributed by atoms with Crippen LogP contribution < -0.4 is 9.62 Å². The first-order valence-corrected chi connectivity index (χ1v) is 10.3. The second kappa shape index (κ2) is 8.48. The molecule has 0 spiro atoms. The quantitative estimate of drug-likeness (QED) is 0.610. The molecule has 0 aliphatic heterocycles. The molecule has 1 aromatic heterocycles. The average Bonchev–Trinajstić information content (AvgIpc) is 3.01. The summed E-state index contributed by atoms with van der Waals surface area (Å²) in [7, 11) is -1.09. The Morgan fingerprint density at radius 1 is 1.10 bits per heavy atom. The van der Waals surface area contributed by atoms with E-state index in [0.717, 1.165) is 22.4 Å². The first kappa shape index (κ1) is 20.6. The van der Waals surface area contributed by atoms with Gasteiger partial charge in [-0.2, -0.15) is 5.10 Å². The van der Waals surface area contributed by atoms with E-state index in [-0.39, 0.29) is 5.91 Å². The van der Waals surface area contributed by atoms with E-state index in [9.17, 15) is 13.2 Å². The molecule has 0 atom stereocenters. The minimum absolute atomic E-state index is 0.278. The van der Waals surface area contributed by atoms with Gasteiger partial charge < -0.3 is 5.32 Å². The van der Waals surface area contributed by atoms with Crippen LogP contribution in [0.2, 0.25) is 0 Å². The van der Waals surface area contributed by atoms with Crippen molar-refractivity contribution in [3.63, 3.8) is 0 Å². The van der Waals surface area contributed by atoms with E-state index < -0.39 is 10.9 Å². The number of anilines is 2. The van der Waals surface area contributed by atoms with Gasteiger partial charge in [-0.1, -0.05) is 23.8 Å². The third-order valence-electron chi connectivity index (χ3n) is 4.92. The standard InChI is InChI=1S/C21H24N4O3S/c1-14-5-9-19(10-6-14)25(29(27)28)20-11-17(8-7-15(20)2)21(26)22-12-18-13-23-24(4)16(18)3/h5-11,13,29H,12H2,1-4H3,(H,22,26). The number of hydrogen-bond donors (Lipinski definition) is 2. The van der Waals surface area contributed by atoms with Crippen molar-refractivity contribution in [1.29, 1.82) is 0 Å². The van der Waals surface area contributed by atoms with Gasteiger partial charge in [-0.3, -0.25) is 9.48 Å². The highest BCUT2D eigenvalue weighted by Crippen LogP contribution is 2.30. The molecule has 0 fully saturated rings. The second-order valence-corrected chi connectivity index (χ2v) is 7.82. The monoisotopic (exact) mass is 412 g/mol. The van der Waals surface area contributed by atoms with Crippen molar-refractivity contribution in [2.24, 2.45) is 7.05 Å². The second-order valence-electron chi connectivity index (χ2n) is 6.95. The molecule has 0 saturated heterocycles. The van der Waals surface area contributed by atoms with Crippen LogP contribution in [0.4, 0.5) is 11.4 Å². The van der Waals surface area contributed by atoms with Gasteiger partial charge >= 0.3 is 0 Å². The molecule has 3 aromatic rings. The highest BCUT2D eigenvalue weighted by molar-refractivity contribution is 7.74. The van der Waals surface area contributed by atoms with Crippen LogP contribution >= 0.6 is 0 Å². The summed E-state index contributed by atoms with van der Waals surface area (Å²) in [5, 5.41) is 7.04. The molecule has 29 heavy (non-hydrogen) atoms. The highest BCUT2D eigenvalue weighted by Gasteiger charge is 2.17. The Balaban J connectivity index is 1.88. The molecule has 7 nitrogen and oxygen atoms in total. The largest absolute Gasteiger partial charge is 0.348 e. The van der Waals surface area contributed by atoms with Gasteiger partial charge in [-0.25, -0.2) is 12.7 Å². The number of aryl methyl sites for hydroxylation is 3. The fourth-order valence-electron chi connectivity index (χ4n) is 2.98. The maximum absolute atomic E-state index is 12.7. The fourth-order valence-corrected chi connectivity index (χ4v) is 3.69. The van der Waals surface area contributed by atoms with E-state index >= 15 is 0 Å². The Labute approximate surface area is 172 Å². The zero-order valence-corrected chi connectivity index (χ0v) is 17.7. The van der Waals surface area contributed by atoms with E-state index in [2.05, 4.69) is 10.4 Å². The van der Waals surface area contributed by atoms with Crippen LogP contribution in [0.5, 0.6) is 0 Å². The molecule has 1 N–H and O–H groups in total. The molecule has 0 radical (unpaired) electrons. The zero-order valence-electron chi connectivity index (χ0n) is 16.8. The molecule has 0 aliphatic rings. The highest BCUT2D eigenvalue weighted by atomic mass is 32.2. The lowest BCUT2D eigenvalue weighted by Gasteiger charge is -2.21. The summed E-state index contributed by atoms with van der Waals surface area (Å²) in [5.41, 5.74) is 5.06. The summed E-state index contributed by atoms with van der Waals surface area (Å²) in [6.07, 6.45) is 1.72. The van der Waals surface area contributed by atoms with Gasteiger partial charge in [-0.05, 0) is 50.6 Å². The normalized spacial score (nSPS) is 10.9.